The van der Waals surface area contributed by atoms with Crippen molar-refractivity contribution in [1.29, 1.82) is 0 Å². The Hall–Kier alpha value is -3.72. The van der Waals surface area contributed by atoms with Gasteiger partial charge in [-0.1, -0.05) is 56.3 Å². The van der Waals surface area contributed by atoms with Gasteiger partial charge in [-0.05, 0) is 41.0 Å². The number of nitrogens with zero attached hydrogens (tertiary/aromatic N) is 1. The van der Waals surface area contributed by atoms with Crippen LogP contribution in [0.25, 0.3) is 33.5 Å². The van der Waals surface area contributed by atoms with Crippen LogP contribution in [0.5, 0.6) is 0 Å². The van der Waals surface area contributed by atoms with Gasteiger partial charge in [-0.3, -0.25) is 0 Å². The van der Waals surface area contributed by atoms with Crippen LogP contribution in [0.3, 0.4) is 0 Å². The minimum atomic E-state index is -5.08. The summed E-state index contributed by atoms with van der Waals surface area (Å²) in [7, 11) is 0. The summed E-state index contributed by atoms with van der Waals surface area (Å²) in [5, 5.41) is 10.6. The van der Waals surface area contributed by atoms with Crippen LogP contribution < -0.4 is 5.32 Å². The Bertz CT molecular complexity index is 1270. The number of nitrogens with one attached hydrogen (secondary N) is 2. The highest BCUT2D eigenvalue weighted by Gasteiger charge is 2.38. The number of H-pyrrole nitrogens is 1. The number of aromatic nitrogens is 2. The summed E-state index contributed by atoms with van der Waals surface area (Å²) in [5.41, 5.74) is 6.00. The smallest absolute Gasteiger partial charge is 0.475 e. The SMILES string of the molecule is CC(C)NCc1ccc(-c2cccc(-c3nc4ccc(F)cc4[nH]3)c2)cc1.O=C(O)C(F)(F)F. The number of benzene rings is 3. The molecule has 4 aromatic rings. The number of aromatic amines is 1. The maximum absolute atomic E-state index is 13.4. The van der Waals surface area contributed by atoms with Crippen molar-refractivity contribution in [2.45, 2.75) is 32.6 Å². The molecule has 0 aliphatic rings. The van der Waals surface area contributed by atoms with Crippen molar-refractivity contribution >= 4 is 17.0 Å². The molecule has 0 fully saturated rings. The molecule has 0 atom stereocenters. The molecule has 0 spiro atoms. The normalized spacial score (nSPS) is 11.4. The van der Waals surface area contributed by atoms with Crippen molar-refractivity contribution in [2.75, 3.05) is 0 Å². The number of rotatable bonds is 5. The fraction of sp³-hybridized carbons (Fsp3) is 0.200. The van der Waals surface area contributed by atoms with E-state index >= 15 is 0 Å². The molecule has 5 nitrogen and oxygen atoms in total. The first kappa shape index (κ1) is 24.9. The van der Waals surface area contributed by atoms with Gasteiger partial charge in [0.2, 0.25) is 0 Å². The van der Waals surface area contributed by atoms with Gasteiger partial charge in [-0.25, -0.2) is 14.2 Å². The Morgan fingerprint density at radius 1 is 1.00 bits per heavy atom. The molecule has 0 unspecified atom stereocenters. The zero-order valence-electron chi connectivity index (χ0n) is 18.4. The van der Waals surface area contributed by atoms with E-state index in [1.165, 1.54) is 17.7 Å². The number of alkyl halides is 3. The molecule has 4 rings (SSSR count). The molecule has 0 bridgehead atoms. The van der Waals surface area contributed by atoms with E-state index in [-0.39, 0.29) is 5.82 Å². The van der Waals surface area contributed by atoms with Crippen molar-refractivity contribution in [2.24, 2.45) is 0 Å². The number of hydrogen-bond donors (Lipinski definition) is 3. The van der Waals surface area contributed by atoms with Gasteiger partial charge in [0.15, 0.2) is 0 Å². The lowest BCUT2D eigenvalue weighted by atomic mass is 10.0. The van der Waals surface area contributed by atoms with Crippen LogP contribution in [-0.4, -0.2) is 33.3 Å². The monoisotopic (exact) mass is 473 g/mol. The summed E-state index contributed by atoms with van der Waals surface area (Å²) < 4.78 is 45.1. The van der Waals surface area contributed by atoms with Crippen LogP contribution >= 0.6 is 0 Å². The minimum Gasteiger partial charge on any atom is -0.475 e. The van der Waals surface area contributed by atoms with Gasteiger partial charge in [0.1, 0.15) is 11.6 Å². The summed E-state index contributed by atoms with van der Waals surface area (Å²) in [4.78, 5) is 16.7. The van der Waals surface area contributed by atoms with E-state index in [2.05, 4.69) is 65.5 Å². The Morgan fingerprint density at radius 3 is 2.26 bits per heavy atom. The lowest BCUT2D eigenvalue weighted by Gasteiger charge is -2.09. The molecular weight excluding hydrogens is 450 g/mol. The van der Waals surface area contributed by atoms with Crippen molar-refractivity contribution in [3.8, 4) is 22.5 Å². The number of hydrogen-bond acceptors (Lipinski definition) is 3. The molecule has 0 saturated carbocycles. The van der Waals surface area contributed by atoms with Crippen LogP contribution in [0.4, 0.5) is 17.6 Å². The number of halogens is 4. The molecule has 0 radical (unpaired) electrons. The third kappa shape index (κ3) is 6.64. The van der Waals surface area contributed by atoms with E-state index in [0.29, 0.717) is 11.6 Å². The molecule has 0 aliphatic carbocycles. The van der Waals surface area contributed by atoms with Gasteiger partial charge in [0.05, 0.1) is 11.0 Å². The number of carboxylic acids is 1. The van der Waals surface area contributed by atoms with E-state index in [1.807, 2.05) is 12.1 Å². The molecule has 1 aromatic heterocycles. The first-order valence-electron chi connectivity index (χ1n) is 10.4. The van der Waals surface area contributed by atoms with E-state index < -0.39 is 12.1 Å². The molecule has 3 N–H and O–H groups in total. The molecular formula is C25H23F4N3O2. The third-order valence-electron chi connectivity index (χ3n) is 4.82. The predicted molar refractivity (Wildman–Crippen MR) is 123 cm³/mol. The maximum atomic E-state index is 13.4. The highest BCUT2D eigenvalue weighted by Crippen LogP contribution is 2.27. The summed E-state index contributed by atoms with van der Waals surface area (Å²) in [6, 6.07) is 21.9. The van der Waals surface area contributed by atoms with E-state index in [1.54, 1.807) is 6.07 Å². The molecule has 3 aromatic carbocycles. The van der Waals surface area contributed by atoms with E-state index in [4.69, 9.17) is 9.90 Å². The molecule has 0 saturated heterocycles. The fourth-order valence-electron chi connectivity index (χ4n) is 3.10. The number of carboxylic acid groups (broad SMARTS) is 1. The molecule has 0 aliphatic heterocycles. The standard InChI is InChI=1S/C23H22FN3.C2HF3O2/c1-15(2)25-14-16-6-8-17(9-7-16)18-4-3-5-19(12-18)23-26-21-11-10-20(24)13-22(21)27-23;3-2(4,5)1(6)7/h3-13,15,25H,14H2,1-2H3,(H,26,27);(H,6,7). The second-order valence-electron chi connectivity index (χ2n) is 7.86. The average molecular weight is 473 g/mol. The molecule has 34 heavy (non-hydrogen) atoms. The average Bonchev–Trinajstić information content (AvgIpc) is 3.21. The predicted octanol–water partition coefficient (Wildman–Crippen LogP) is 6.17. The Labute approximate surface area is 193 Å². The highest BCUT2D eigenvalue weighted by atomic mass is 19.4. The van der Waals surface area contributed by atoms with Crippen molar-refractivity contribution < 1.29 is 27.5 Å². The first-order valence-corrected chi connectivity index (χ1v) is 10.4. The number of aliphatic carboxylic acids is 1. The lowest BCUT2D eigenvalue weighted by Crippen LogP contribution is -2.21. The van der Waals surface area contributed by atoms with Gasteiger partial charge < -0.3 is 15.4 Å². The van der Waals surface area contributed by atoms with E-state index in [0.717, 1.165) is 34.6 Å². The van der Waals surface area contributed by atoms with Gasteiger partial charge in [0.25, 0.3) is 0 Å². The molecule has 178 valence electrons. The van der Waals surface area contributed by atoms with Crippen LogP contribution in [0.2, 0.25) is 0 Å². The number of imidazole rings is 1. The van der Waals surface area contributed by atoms with Gasteiger partial charge >= 0.3 is 12.1 Å². The van der Waals surface area contributed by atoms with Crippen molar-refractivity contribution in [3.05, 3.63) is 78.1 Å². The Balaban J connectivity index is 0.000000406. The van der Waals surface area contributed by atoms with Crippen LogP contribution in [0.1, 0.15) is 19.4 Å². The molecule has 0 amide bonds. The number of carbonyl (C=O) groups is 1. The highest BCUT2D eigenvalue weighted by molar-refractivity contribution is 5.80. The largest absolute Gasteiger partial charge is 0.490 e. The maximum Gasteiger partial charge on any atom is 0.490 e. The van der Waals surface area contributed by atoms with Crippen LogP contribution in [-0.2, 0) is 11.3 Å². The zero-order valence-corrected chi connectivity index (χ0v) is 18.4. The second kappa shape index (κ2) is 10.5. The second-order valence-corrected chi connectivity index (χ2v) is 7.86. The summed E-state index contributed by atoms with van der Waals surface area (Å²) in [6.07, 6.45) is -5.08. The van der Waals surface area contributed by atoms with Crippen LogP contribution in [0.15, 0.2) is 66.7 Å². The van der Waals surface area contributed by atoms with Gasteiger partial charge in [-0.15, -0.1) is 0 Å². The Kier molecular flexibility index (Phi) is 7.68. The third-order valence-corrected chi connectivity index (χ3v) is 4.82. The molecule has 1 heterocycles. The summed E-state index contributed by atoms with van der Waals surface area (Å²) in [5.74, 6) is -2.28. The fourth-order valence-corrected chi connectivity index (χ4v) is 3.10. The Morgan fingerprint density at radius 2 is 1.65 bits per heavy atom. The van der Waals surface area contributed by atoms with E-state index in [9.17, 15) is 17.6 Å². The minimum absolute atomic E-state index is 0.265. The van der Waals surface area contributed by atoms with Gasteiger partial charge in [-0.2, -0.15) is 13.2 Å². The van der Waals surface area contributed by atoms with Crippen LogP contribution in [0, 0.1) is 5.82 Å². The lowest BCUT2D eigenvalue weighted by molar-refractivity contribution is -0.192. The quantitative estimate of drug-likeness (QED) is 0.303. The number of fused-ring (bicyclic) bond motifs is 1. The topological polar surface area (TPSA) is 78.0 Å². The zero-order chi connectivity index (χ0) is 24.9. The summed E-state index contributed by atoms with van der Waals surface area (Å²) >= 11 is 0. The van der Waals surface area contributed by atoms with Gasteiger partial charge in [0, 0.05) is 18.2 Å². The van der Waals surface area contributed by atoms with Crippen molar-refractivity contribution in [1.82, 2.24) is 15.3 Å². The summed E-state index contributed by atoms with van der Waals surface area (Å²) in [6.45, 7) is 5.16. The molecule has 9 heteroatoms. The first-order chi connectivity index (χ1) is 16.0. The van der Waals surface area contributed by atoms with Crippen molar-refractivity contribution in [3.63, 3.8) is 0 Å².